The average molecular weight is 344 g/mol. The van der Waals surface area contributed by atoms with Crippen molar-refractivity contribution in [2.45, 2.75) is 64.9 Å². The second-order valence-corrected chi connectivity index (χ2v) is 8.81. The lowest BCUT2D eigenvalue weighted by atomic mass is 9.52. The van der Waals surface area contributed by atoms with Crippen LogP contribution in [0.3, 0.4) is 0 Å². The van der Waals surface area contributed by atoms with Crippen molar-refractivity contribution in [2.75, 3.05) is 0 Å². The molecule has 0 spiro atoms. The second-order valence-electron chi connectivity index (χ2n) is 8.81. The second kappa shape index (κ2) is 5.47. The molecule has 2 saturated carbocycles. The molecule has 0 saturated heterocycles. The maximum absolute atomic E-state index is 11.8. The van der Waals surface area contributed by atoms with Gasteiger partial charge in [0.25, 0.3) is 0 Å². The van der Waals surface area contributed by atoms with E-state index in [0.717, 1.165) is 42.4 Å². The first-order valence-electron chi connectivity index (χ1n) is 9.48. The van der Waals surface area contributed by atoms with Crippen molar-refractivity contribution >= 4 is 5.97 Å². The van der Waals surface area contributed by atoms with E-state index >= 15 is 0 Å². The van der Waals surface area contributed by atoms with Gasteiger partial charge in [-0.3, -0.25) is 4.79 Å². The summed E-state index contributed by atoms with van der Waals surface area (Å²) in [5, 5.41) is 31.2. The summed E-state index contributed by atoms with van der Waals surface area (Å²) in [5.41, 5.74) is 4.07. The number of carbonyl (C=O) groups is 1. The zero-order valence-corrected chi connectivity index (χ0v) is 15.2. The first-order valence-corrected chi connectivity index (χ1v) is 9.48. The molecule has 0 amide bonds. The van der Waals surface area contributed by atoms with E-state index in [1.165, 1.54) is 5.56 Å². The lowest BCUT2D eigenvalue weighted by molar-refractivity contribution is -0.149. The molecule has 0 bridgehead atoms. The van der Waals surface area contributed by atoms with Gasteiger partial charge < -0.3 is 15.3 Å². The number of carboxylic acid groups (broad SMARTS) is 1. The number of fused-ring (bicyclic) bond motifs is 5. The number of carboxylic acids is 1. The van der Waals surface area contributed by atoms with Crippen LogP contribution in [0.1, 0.15) is 60.8 Å². The van der Waals surface area contributed by atoms with Gasteiger partial charge in [-0.15, -0.1) is 0 Å². The molecule has 0 heterocycles. The van der Waals surface area contributed by atoms with E-state index in [9.17, 15) is 20.1 Å². The summed E-state index contributed by atoms with van der Waals surface area (Å²) in [7, 11) is 0. The number of phenols is 1. The first-order chi connectivity index (χ1) is 11.8. The molecule has 0 aromatic heterocycles. The molecular formula is C21H28O4. The molecule has 1 aromatic carbocycles. The van der Waals surface area contributed by atoms with Gasteiger partial charge in [-0.1, -0.05) is 6.92 Å². The highest BCUT2D eigenvalue weighted by molar-refractivity contribution is 5.71. The van der Waals surface area contributed by atoms with Crippen LogP contribution in [0.4, 0.5) is 0 Å². The van der Waals surface area contributed by atoms with Crippen molar-refractivity contribution in [1.82, 2.24) is 0 Å². The monoisotopic (exact) mass is 344 g/mol. The van der Waals surface area contributed by atoms with E-state index in [0.29, 0.717) is 24.0 Å². The SMILES string of the molecule is Cc1cc(O)c2c(c1C)C1C(CC2)C2CC[C@H](C(=O)O)[C@@]2(C)C[C@@H]1O. The summed E-state index contributed by atoms with van der Waals surface area (Å²) in [4.78, 5) is 11.8. The standard InChI is InChI=1S/C21H28O4/c1-10-8-16(22)13-5-4-12-14-6-7-15(20(24)25)21(14,3)9-17(23)19(12)18(13)11(10)2/h8,12,14-15,17,19,22-23H,4-7,9H2,1-3H3,(H,24,25)/t12?,14?,15-,17+,19?,21+/m1/s1. The van der Waals surface area contributed by atoms with E-state index < -0.39 is 12.1 Å². The third-order valence-electron chi connectivity index (χ3n) is 7.79. The summed E-state index contributed by atoms with van der Waals surface area (Å²) in [6.07, 6.45) is 3.41. The van der Waals surface area contributed by atoms with Crippen molar-refractivity contribution in [3.8, 4) is 5.75 Å². The van der Waals surface area contributed by atoms with Gasteiger partial charge in [0.2, 0.25) is 0 Å². The number of aryl methyl sites for hydroxylation is 1. The molecular weight excluding hydrogens is 316 g/mol. The van der Waals surface area contributed by atoms with Crippen LogP contribution in [-0.4, -0.2) is 27.4 Å². The fourth-order valence-electron chi connectivity index (χ4n) is 6.57. The molecule has 3 unspecified atom stereocenters. The van der Waals surface area contributed by atoms with Gasteiger partial charge >= 0.3 is 5.97 Å². The number of aliphatic hydroxyl groups excluding tert-OH is 1. The van der Waals surface area contributed by atoms with Gasteiger partial charge in [0, 0.05) is 5.92 Å². The number of hydrogen-bond acceptors (Lipinski definition) is 3. The quantitative estimate of drug-likeness (QED) is 0.728. The average Bonchev–Trinajstić information content (AvgIpc) is 2.88. The Balaban J connectivity index is 1.81. The Morgan fingerprint density at radius 1 is 1.24 bits per heavy atom. The largest absolute Gasteiger partial charge is 0.508 e. The van der Waals surface area contributed by atoms with Crippen molar-refractivity contribution in [3.63, 3.8) is 0 Å². The van der Waals surface area contributed by atoms with E-state index in [-0.39, 0.29) is 17.3 Å². The number of aromatic hydroxyl groups is 1. The van der Waals surface area contributed by atoms with Gasteiger partial charge in [-0.25, -0.2) is 0 Å². The minimum absolute atomic E-state index is 0.0279. The predicted octanol–water partition coefficient (Wildman–Crippen LogP) is 3.54. The summed E-state index contributed by atoms with van der Waals surface area (Å²) < 4.78 is 0. The number of aliphatic carboxylic acids is 1. The molecule has 2 fully saturated rings. The molecule has 4 nitrogen and oxygen atoms in total. The number of benzene rings is 1. The number of aliphatic hydroxyl groups is 1. The lowest BCUT2D eigenvalue weighted by Crippen LogP contribution is -2.50. The normalized spacial score (nSPS) is 39.4. The third kappa shape index (κ3) is 2.19. The molecule has 6 atom stereocenters. The molecule has 4 rings (SSSR count). The molecule has 4 heteroatoms. The fraction of sp³-hybridized carbons (Fsp3) is 0.667. The fourth-order valence-corrected chi connectivity index (χ4v) is 6.57. The molecule has 0 aliphatic heterocycles. The highest BCUT2D eigenvalue weighted by Crippen LogP contribution is 2.63. The Morgan fingerprint density at radius 2 is 1.96 bits per heavy atom. The maximum Gasteiger partial charge on any atom is 0.307 e. The van der Waals surface area contributed by atoms with E-state index in [2.05, 4.69) is 13.8 Å². The van der Waals surface area contributed by atoms with Crippen LogP contribution in [0.2, 0.25) is 0 Å². The lowest BCUT2D eigenvalue weighted by Gasteiger charge is -2.53. The Kier molecular flexibility index (Phi) is 3.70. The summed E-state index contributed by atoms with van der Waals surface area (Å²) >= 11 is 0. The Hall–Kier alpha value is -1.55. The number of hydrogen-bond donors (Lipinski definition) is 3. The van der Waals surface area contributed by atoms with Gasteiger partial charge in [0.1, 0.15) is 5.75 Å². The summed E-state index contributed by atoms with van der Waals surface area (Å²) in [6, 6.07) is 1.84. The minimum atomic E-state index is -0.712. The van der Waals surface area contributed by atoms with Crippen LogP contribution < -0.4 is 0 Å². The van der Waals surface area contributed by atoms with Gasteiger partial charge in [0.05, 0.1) is 12.0 Å². The molecule has 1 aromatic rings. The van der Waals surface area contributed by atoms with Crippen molar-refractivity contribution in [1.29, 1.82) is 0 Å². The van der Waals surface area contributed by atoms with E-state index in [1.807, 2.05) is 13.0 Å². The van der Waals surface area contributed by atoms with Crippen LogP contribution >= 0.6 is 0 Å². The highest BCUT2D eigenvalue weighted by Gasteiger charge is 2.59. The number of phenolic OH excluding ortho intramolecular Hbond substituents is 1. The van der Waals surface area contributed by atoms with Crippen LogP contribution in [0.25, 0.3) is 0 Å². The number of rotatable bonds is 1. The topological polar surface area (TPSA) is 77.8 Å². The van der Waals surface area contributed by atoms with Crippen LogP contribution in [0, 0.1) is 37.0 Å². The zero-order chi connectivity index (χ0) is 18.1. The predicted molar refractivity (Wildman–Crippen MR) is 94.7 cm³/mol. The molecule has 3 N–H and O–H groups in total. The van der Waals surface area contributed by atoms with Gasteiger partial charge in [0.15, 0.2) is 0 Å². The van der Waals surface area contributed by atoms with E-state index in [4.69, 9.17) is 0 Å². The summed E-state index contributed by atoms with van der Waals surface area (Å²) in [5.74, 6) is -0.0205. The van der Waals surface area contributed by atoms with Crippen molar-refractivity contribution < 1.29 is 20.1 Å². The Labute approximate surface area is 148 Å². The smallest absolute Gasteiger partial charge is 0.307 e. The van der Waals surface area contributed by atoms with Crippen LogP contribution in [0.15, 0.2) is 6.07 Å². The Morgan fingerprint density at radius 3 is 2.64 bits per heavy atom. The molecule has 136 valence electrons. The van der Waals surface area contributed by atoms with Crippen molar-refractivity contribution in [3.05, 3.63) is 28.3 Å². The van der Waals surface area contributed by atoms with Gasteiger partial charge in [-0.05, 0) is 91.5 Å². The van der Waals surface area contributed by atoms with E-state index in [1.54, 1.807) is 0 Å². The maximum atomic E-state index is 11.8. The zero-order valence-electron chi connectivity index (χ0n) is 15.2. The molecule has 25 heavy (non-hydrogen) atoms. The molecule has 3 aliphatic carbocycles. The Bertz CT molecular complexity index is 740. The molecule has 3 aliphatic rings. The summed E-state index contributed by atoms with van der Waals surface area (Å²) in [6.45, 7) is 6.18. The third-order valence-corrected chi connectivity index (χ3v) is 7.79. The van der Waals surface area contributed by atoms with Crippen molar-refractivity contribution in [2.24, 2.45) is 23.2 Å². The van der Waals surface area contributed by atoms with Crippen LogP contribution in [0.5, 0.6) is 5.75 Å². The highest BCUT2D eigenvalue weighted by atomic mass is 16.4. The molecule has 0 radical (unpaired) electrons. The van der Waals surface area contributed by atoms with Gasteiger partial charge in [-0.2, -0.15) is 0 Å². The van der Waals surface area contributed by atoms with Crippen LogP contribution in [-0.2, 0) is 11.2 Å². The minimum Gasteiger partial charge on any atom is -0.508 e. The first kappa shape index (κ1) is 16.9.